The second kappa shape index (κ2) is 8.25. The van der Waals surface area contributed by atoms with Crippen LogP contribution in [0.1, 0.15) is 26.7 Å². The van der Waals surface area contributed by atoms with Crippen LogP contribution in [0, 0.1) is 10.1 Å². The number of piperidine rings is 1. The van der Waals surface area contributed by atoms with Gasteiger partial charge in [0, 0.05) is 82.4 Å². The molecule has 0 aromatic heterocycles. The maximum absolute atomic E-state index is 13.5. The van der Waals surface area contributed by atoms with Gasteiger partial charge in [0.2, 0.25) is 5.91 Å². The molecule has 4 rings (SSSR count). The fraction of sp³-hybridized carbons (Fsp3) is 0.500. The lowest BCUT2D eigenvalue weighted by molar-refractivity contribution is -0.384. The SMILES string of the molecule is CC(=O)N1CCC2(CC1)OC(=O)C(C)=C2C(=O)N1CCN(c2ccc([N+](=O)[O-])cc2)CC1. The predicted molar refractivity (Wildman–Crippen MR) is 115 cm³/mol. The molecule has 0 aliphatic carbocycles. The fourth-order valence-corrected chi connectivity index (χ4v) is 4.75. The number of nitro groups is 1. The minimum atomic E-state index is -0.959. The van der Waals surface area contributed by atoms with Crippen molar-refractivity contribution < 1.29 is 24.0 Å². The molecule has 10 nitrogen and oxygen atoms in total. The van der Waals surface area contributed by atoms with E-state index in [-0.39, 0.29) is 17.5 Å². The van der Waals surface area contributed by atoms with E-state index in [1.54, 1.807) is 28.9 Å². The van der Waals surface area contributed by atoms with Crippen molar-refractivity contribution >= 4 is 29.2 Å². The molecular formula is C22H26N4O6. The predicted octanol–water partition coefficient (Wildman–Crippen LogP) is 1.50. The first kappa shape index (κ1) is 21.8. The molecule has 170 valence electrons. The summed E-state index contributed by atoms with van der Waals surface area (Å²) < 4.78 is 5.71. The second-order valence-electron chi connectivity index (χ2n) is 8.44. The average Bonchev–Trinajstić information content (AvgIpc) is 3.02. The largest absolute Gasteiger partial charge is 0.450 e. The van der Waals surface area contributed by atoms with Crippen molar-refractivity contribution in [3.8, 4) is 0 Å². The van der Waals surface area contributed by atoms with E-state index < -0.39 is 16.5 Å². The zero-order valence-electron chi connectivity index (χ0n) is 18.2. The third kappa shape index (κ3) is 3.80. The summed E-state index contributed by atoms with van der Waals surface area (Å²) in [6, 6.07) is 6.37. The molecule has 2 saturated heterocycles. The van der Waals surface area contributed by atoms with Crippen molar-refractivity contribution in [2.24, 2.45) is 0 Å². The molecule has 0 N–H and O–H groups in total. The molecule has 3 aliphatic heterocycles. The first-order chi connectivity index (χ1) is 15.2. The second-order valence-corrected chi connectivity index (χ2v) is 8.44. The number of amides is 2. The third-order valence-electron chi connectivity index (χ3n) is 6.65. The number of likely N-dealkylation sites (tertiary alicyclic amines) is 1. The molecule has 0 bridgehead atoms. The monoisotopic (exact) mass is 442 g/mol. The maximum Gasteiger partial charge on any atom is 0.335 e. The molecule has 2 amide bonds. The molecule has 3 heterocycles. The number of non-ortho nitro benzene ring substituents is 1. The van der Waals surface area contributed by atoms with Gasteiger partial charge in [0.05, 0.1) is 10.5 Å². The highest BCUT2D eigenvalue weighted by atomic mass is 16.6. The number of benzene rings is 1. The van der Waals surface area contributed by atoms with Crippen LogP contribution in [-0.4, -0.2) is 77.4 Å². The van der Waals surface area contributed by atoms with Gasteiger partial charge in [-0.2, -0.15) is 0 Å². The number of piperazine rings is 1. The first-order valence-corrected chi connectivity index (χ1v) is 10.7. The molecule has 2 fully saturated rings. The molecular weight excluding hydrogens is 416 g/mol. The van der Waals surface area contributed by atoms with Gasteiger partial charge < -0.3 is 19.4 Å². The maximum atomic E-state index is 13.5. The zero-order chi connectivity index (χ0) is 23.0. The lowest BCUT2D eigenvalue weighted by Crippen LogP contribution is -2.53. The average molecular weight is 442 g/mol. The number of anilines is 1. The Morgan fingerprint density at radius 1 is 1.00 bits per heavy atom. The number of esters is 1. The minimum absolute atomic E-state index is 0.0277. The Kier molecular flexibility index (Phi) is 5.62. The van der Waals surface area contributed by atoms with Gasteiger partial charge in [-0.1, -0.05) is 0 Å². The Balaban J connectivity index is 1.45. The van der Waals surface area contributed by atoms with Crippen LogP contribution in [0.3, 0.4) is 0 Å². The number of ether oxygens (including phenoxy) is 1. The third-order valence-corrected chi connectivity index (χ3v) is 6.65. The number of nitrogens with zero attached hydrogens (tertiary/aromatic N) is 4. The summed E-state index contributed by atoms with van der Waals surface area (Å²) in [6.45, 7) is 6.13. The van der Waals surface area contributed by atoms with Crippen molar-refractivity contribution in [1.82, 2.24) is 9.80 Å². The van der Waals surface area contributed by atoms with E-state index in [9.17, 15) is 24.5 Å². The summed E-state index contributed by atoms with van der Waals surface area (Å²) in [5, 5.41) is 10.9. The van der Waals surface area contributed by atoms with E-state index in [1.165, 1.54) is 19.1 Å². The molecule has 0 atom stereocenters. The Bertz CT molecular complexity index is 986. The lowest BCUT2D eigenvalue weighted by Gasteiger charge is -2.41. The highest BCUT2D eigenvalue weighted by Crippen LogP contribution is 2.42. The Morgan fingerprint density at radius 3 is 2.12 bits per heavy atom. The Labute approximate surface area is 185 Å². The fourth-order valence-electron chi connectivity index (χ4n) is 4.75. The van der Waals surface area contributed by atoms with Gasteiger partial charge >= 0.3 is 5.97 Å². The van der Waals surface area contributed by atoms with Crippen LogP contribution in [0.2, 0.25) is 0 Å². The van der Waals surface area contributed by atoms with Crippen molar-refractivity contribution in [2.45, 2.75) is 32.3 Å². The summed E-state index contributed by atoms with van der Waals surface area (Å²) in [5.74, 6) is -0.678. The zero-order valence-corrected chi connectivity index (χ0v) is 18.2. The van der Waals surface area contributed by atoms with E-state index in [4.69, 9.17) is 4.74 Å². The van der Waals surface area contributed by atoms with E-state index in [0.29, 0.717) is 63.3 Å². The molecule has 3 aliphatic rings. The standard InChI is InChI=1S/C22H26N4O6/c1-15-19(22(32-21(15)29)7-9-23(10-8-22)16(2)27)20(28)25-13-11-24(12-14-25)17-3-5-18(6-4-17)26(30)31/h3-6H,7-14H2,1-2H3. The summed E-state index contributed by atoms with van der Waals surface area (Å²) in [7, 11) is 0. The quantitative estimate of drug-likeness (QED) is 0.396. The summed E-state index contributed by atoms with van der Waals surface area (Å²) >= 11 is 0. The van der Waals surface area contributed by atoms with Gasteiger partial charge in [-0.05, 0) is 19.1 Å². The highest BCUT2D eigenvalue weighted by Gasteiger charge is 2.52. The van der Waals surface area contributed by atoms with E-state index >= 15 is 0 Å². The summed E-state index contributed by atoms with van der Waals surface area (Å²) in [5.41, 5.74) is 0.723. The number of carbonyl (C=O) groups is 3. The summed E-state index contributed by atoms with van der Waals surface area (Å²) in [4.78, 5) is 53.5. The van der Waals surface area contributed by atoms with Crippen LogP contribution >= 0.6 is 0 Å². The van der Waals surface area contributed by atoms with Crippen molar-refractivity contribution in [2.75, 3.05) is 44.2 Å². The Morgan fingerprint density at radius 2 is 1.59 bits per heavy atom. The topological polar surface area (TPSA) is 113 Å². The number of nitro benzene ring substituents is 1. The normalized spacial score (nSPS) is 20.6. The van der Waals surface area contributed by atoms with Gasteiger partial charge in [-0.15, -0.1) is 0 Å². The molecule has 0 radical (unpaired) electrons. The van der Waals surface area contributed by atoms with Gasteiger partial charge in [-0.25, -0.2) is 4.79 Å². The van der Waals surface area contributed by atoms with Crippen LogP contribution in [0.25, 0.3) is 0 Å². The smallest absolute Gasteiger partial charge is 0.335 e. The van der Waals surface area contributed by atoms with Gasteiger partial charge in [-0.3, -0.25) is 19.7 Å². The molecule has 1 aromatic carbocycles. The molecule has 32 heavy (non-hydrogen) atoms. The van der Waals surface area contributed by atoms with Crippen LogP contribution in [0.5, 0.6) is 0 Å². The molecule has 10 heteroatoms. The van der Waals surface area contributed by atoms with Gasteiger partial charge in [0.15, 0.2) is 0 Å². The van der Waals surface area contributed by atoms with Crippen LogP contribution in [-0.2, 0) is 19.1 Å². The van der Waals surface area contributed by atoms with Crippen molar-refractivity contribution in [3.05, 3.63) is 45.5 Å². The summed E-state index contributed by atoms with van der Waals surface area (Å²) in [6.07, 6.45) is 0.832. The van der Waals surface area contributed by atoms with E-state index in [2.05, 4.69) is 4.90 Å². The molecule has 1 spiro atoms. The van der Waals surface area contributed by atoms with E-state index in [1.807, 2.05) is 0 Å². The minimum Gasteiger partial charge on any atom is -0.450 e. The Hall–Kier alpha value is -3.43. The first-order valence-electron chi connectivity index (χ1n) is 10.7. The molecule has 0 unspecified atom stereocenters. The van der Waals surface area contributed by atoms with E-state index in [0.717, 1.165) is 5.69 Å². The number of hydrogen-bond acceptors (Lipinski definition) is 7. The number of rotatable bonds is 3. The molecule has 1 aromatic rings. The number of hydrogen-bond donors (Lipinski definition) is 0. The van der Waals surface area contributed by atoms with Crippen LogP contribution < -0.4 is 4.90 Å². The molecule has 0 saturated carbocycles. The number of carbonyl (C=O) groups excluding carboxylic acids is 3. The van der Waals surface area contributed by atoms with Gasteiger partial charge in [0.25, 0.3) is 11.6 Å². The van der Waals surface area contributed by atoms with Crippen LogP contribution in [0.15, 0.2) is 35.4 Å². The van der Waals surface area contributed by atoms with Crippen LogP contribution in [0.4, 0.5) is 11.4 Å². The lowest BCUT2D eigenvalue weighted by atomic mass is 9.82. The van der Waals surface area contributed by atoms with Gasteiger partial charge in [0.1, 0.15) is 5.60 Å². The highest BCUT2D eigenvalue weighted by molar-refractivity contribution is 6.07. The van der Waals surface area contributed by atoms with Crippen molar-refractivity contribution in [3.63, 3.8) is 0 Å². The van der Waals surface area contributed by atoms with Crippen molar-refractivity contribution in [1.29, 1.82) is 0 Å².